The van der Waals surface area contributed by atoms with Crippen LogP contribution in [0.2, 0.25) is 0 Å². The van der Waals surface area contributed by atoms with E-state index in [9.17, 15) is 9.59 Å². The van der Waals surface area contributed by atoms with Crippen molar-refractivity contribution >= 4 is 17.5 Å². The maximum Gasteiger partial charge on any atom is 0.258 e. The Bertz CT molecular complexity index is 752. The Labute approximate surface area is 142 Å². The van der Waals surface area contributed by atoms with Gasteiger partial charge >= 0.3 is 0 Å². The minimum Gasteiger partial charge on any atom is -0.352 e. The van der Waals surface area contributed by atoms with Gasteiger partial charge in [-0.05, 0) is 55.7 Å². The van der Waals surface area contributed by atoms with Gasteiger partial charge in [-0.25, -0.2) is 0 Å². The number of hydrogen-bond acceptors (Lipinski definition) is 2. The van der Waals surface area contributed by atoms with Gasteiger partial charge in [0.25, 0.3) is 11.8 Å². The molecule has 1 aliphatic rings. The average molecular weight is 322 g/mol. The number of benzene rings is 2. The van der Waals surface area contributed by atoms with Gasteiger partial charge < -0.3 is 10.2 Å². The number of fused-ring (bicyclic) bond motifs is 1. The summed E-state index contributed by atoms with van der Waals surface area (Å²) in [6, 6.07) is 15.1. The molecule has 2 aromatic rings. The summed E-state index contributed by atoms with van der Waals surface area (Å²) in [5.41, 5.74) is 3.37. The van der Waals surface area contributed by atoms with Crippen LogP contribution in [0, 0.1) is 0 Å². The van der Waals surface area contributed by atoms with Crippen LogP contribution in [0.15, 0.2) is 48.5 Å². The van der Waals surface area contributed by atoms with E-state index in [1.807, 2.05) is 30.0 Å². The summed E-state index contributed by atoms with van der Waals surface area (Å²) in [5.74, 6) is -0.122. The second kappa shape index (κ2) is 6.87. The standard InChI is InChI=1S/C20H22N2O2/c1-3-12-21-19(23)15-8-10-16(11-9-15)20(24)22-14(2)13-17-6-4-5-7-18(17)22/h4-11,14H,3,12-13H2,1-2H3,(H,21,23). The molecule has 3 rings (SSSR count). The molecule has 2 amide bonds. The molecule has 1 aliphatic heterocycles. The van der Waals surface area contributed by atoms with Crippen LogP contribution in [0.4, 0.5) is 5.69 Å². The molecule has 1 N–H and O–H groups in total. The van der Waals surface area contributed by atoms with Gasteiger partial charge in [0, 0.05) is 29.4 Å². The zero-order valence-electron chi connectivity index (χ0n) is 14.1. The molecule has 2 aromatic carbocycles. The molecule has 0 spiro atoms. The van der Waals surface area contributed by atoms with Gasteiger partial charge in [0.15, 0.2) is 0 Å². The first-order valence-electron chi connectivity index (χ1n) is 8.41. The van der Waals surface area contributed by atoms with Crippen molar-refractivity contribution < 1.29 is 9.59 Å². The van der Waals surface area contributed by atoms with E-state index in [2.05, 4.69) is 18.3 Å². The number of amides is 2. The van der Waals surface area contributed by atoms with Crippen molar-refractivity contribution in [1.29, 1.82) is 0 Å². The lowest BCUT2D eigenvalue weighted by molar-refractivity contribution is 0.0949. The van der Waals surface area contributed by atoms with Crippen molar-refractivity contribution in [2.75, 3.05) is 11.4 Å². The van der Waals surface area contributed by atoms with Gasteiger partial charge in [0.2, 0.25) is 0 Å². The van der Waals surface area contributed by atoms with Crippen molar-refractivity contribution in [2.45, 2.75) is 32.7 Å². The number of anilines is 1. The molecule has 4 nitrogen and oxygen atoms in total. The lowest BCUT2D eigenvalue weighted by Crippen LogP contribution is -2.35. The SMILES string of the molecule is CCCNC(=O)c1ccc(C(=O)N2c3ccccc3CC2C)cc1. The van der Waals surface area contributed by atoms with Gasteiger partial charge in [-0.3, -0.25) is 9.59 Å². The zero-order chi connectivity index (χ0) is 17.1. The molecule has 0 saturated carbocycles. The molecule has 1 heterocycles. The Hall–Kier alpha value is -2.62. The number of carbonyl (C=O) groups is 2. The molecule has 0 bridgehead atoms. The molecule has 24 heavy (non-hydrogen) atoms. The van der Waals surface area contributed by atoms with Crippen LogP contribution in [0.5, 0.6) is 0 Å². The summed E-state index contributed by atoms with van der Waals surface area (Å²) in [6.45, 7) is 4.73. The second-order valence-electron chi connectivity index (χ2n) is 6.19. The smallest absolute Gasteiger partial charge is 0.258 e. The van der Waals surface area contributed by atoms with Crippen LogP contribution >= 0.6 is 0 Å². The second-order valence-corrected chi connectivity index (χ2v) is 6.19. The predicted octanol–water partition coefficient (Wildman–Crippen LogP) is 3.42. The van der Waals surface area contributed by atoms with E-state index in [1.165, 1.54) is 5.56 Å². The molecule has 124 valence electrons. The van der Waals surface area contributed by atoms with Gasteiger partial charge in [0.1, 0.15) is 0 Å². The topological polar surface area (TPSA) is 49.4 Å². The monoisotopic (exact) mass is 322 g/mol. The van der Waals surface area contributed by atoms with Crippen molar-refractivity contribution in [3.05, 3.63) is 65.2 Å². The summed E-state index contributed by atoms with van der Waals surface area (Å²) in [5, 5.41) is 2.84. The minimum atomic E-state index is -0.101. The summed E-state index contributed by atoms with van der Waals surface area (Å²) >= 11 is 0. The number of para-hydroxylation sites is 1. The molecule has 0 aromatic heterocycles. The first-order valence-corrected chi connectivity index (χ1v) is 8.41. The Morgan fingerprint density at radius 3 is 2.46 bits per heavy atom. The lowest BCUT2D eigenvalue weighted by atomic mass is 10.1. The fourth-order valence-corrected chi connectivity index (χ4v) is 3.12. The van der Waals surface area contributed by atoms with Crippen molar-refractivity contribution in [1.82, 2.24) is 5.32 Å². The van der Waals surface area contributed by atoms with Crippen molar-refractivity contribution in [3.63, 3.8) is 0 Å². The number of rotatable bonds is 4. The largest absolute Gasteiger partial charge is 0.352 e. The first kappa shape index (κ1) is 16.2. The lowest BCUT2D eigenvalue weighted by Gasteiger charge is -2.22. The fourth-order valence-electron chi connectivity index (χ4n) is 3.12. The van der Waals surface area contributed by atoms with Crippen molar-refractivity contribution in [3.8, 4) is 0 Å². The van der Waals surface area contributed by atoms with Crippen LogP contribution in [0.1, 0.15) is 46.5 Å². The highest BCUT2D eigenvalue weighted by atomic mass is 16.2. The zero-order valence-corrected chi connectivity index (χ0v) is 14.1. The number of carbonyl (C=O) groups excluding carboxylic acids is 2. The maximum atomic E-state index is 12.9. The third-order valence-corrected chi connectivity index (χ3v) is 4.36. The Kier molecular flexibility index (Phi) is 4.65. The van der Waals surface area contributed by atoms with E-state index in [0.29, 0.717) is 17.7 Å². The van der Waals surface area contributed by atoms with Crippen LogP contribution in [0.25, 0.3) is 0 Å². The van der Waals surface area contributed by atoms with E-state index in [0.717, 1.165) is 18.5 Å². The molecule has 0 aliphatic carbocycles. The first-order chi connectivity index (χ1) is 11.6. The van der Waals surface area contributed by atoms with Gasteiger partial charge in [0.05, 0.1) is 0 Å². The Balaban J connectivity index is 1.80. The highest BCUT2D eigenvalue weighted by Crippen LogP contribution is 2.33. The summed E-state index contributed by atoms with van der Waals surface area (Å²) < 4.78 is 0. The molecular formula is C20H22N2O2. The molecule has 0 fully saturated rings. The number of nitrogens with zero attached hydrogens (tertiary/aromatic N) is 1. The van der Waals surface area contributed by atoms with E-state index in [1.54, 1.807) is 24.3 Å². The quantitative estimate of drug-likeness (QED) is 0.937. The summed E-state index contributed by atoms with van der Waals surface area (Å²) in [4.78, 5) is 26.7. The third-order valence-electron chi connectivity index (χ3n) is 4.36. The Morgan fingerprint density at radius 2 is 1.75 bits per heavy atom. The van der Waals surface area contributed by atoms with Crippen LogP contribution < -0.4 is 10.2 Å². The normalized spacial score (nSPS) is 15.9. The van der Waals surface area contributed by atoms with Crippen molar-refractivity contribution in [2.24, 2.45) is 0 Å². The van der Waals surface area contributed by atoms with E-state index >= 15 is 0 Å². The molecular weight excluding hydrogens is 300 g/mol. The van der Waals surface area contributed by atoms with Crippen LogP contribution in [-0.4, -0.2) is 24.4 Å². The van der Waals surface area contributed by atoms with Crippen LogP contribution in [0.3, 0.4) is 0 Å². The van der Waals surface area contributed by atoms with Gasteiger partial charge in [-0.2, -0.15) is 0 Å². The maximum absolute atomic E-state index is 12.9. The Morgan fingerprint density at radius 1 is 1.08 bits per heavy atom. The van der Waals surface area contributed by atoms with E-state index in [4.69, 9.17) is 0 Å². The molecule has 0 radical (unpaired) electrons. The van der Waals surface area contributed by atoms with Gasteiger partial charge in [-0.1, -0.05) is 25.1 Å². The molecule has 0 saturated heterocycles. The summed E-state index contributed by atoms with van der Waals surface area (Å²) in [7, 11) is 0. The van der Waals surface area contributed by atoms with E-state index in [-0.39, 0.29) is 17.9 Å². The minimum absolute atomic E-state index is 0.0204. The van der Waals surface area contributed by atoms with Gasteiger partial charge in [-0.15, -0.1) is 0 Å². The molecule has 1 atom stereocenters. The predicted molar refractivity (Wildman–Crippen MR) is 95.5 cm³/mol. The van der Waals surface area contributed by atoms with E-state index < -0.39 is 0 Å². The molecule has 1 unspecified atom stereocenters. The number of hydrogen-bond donors (Lipinski definition) is 1. The highest BCUT2D eigenvalue weighted by Gasteiger charge is 2.31. The molecule has 4 heteroatoms. The average Bonchev–Trinajstić information content (AvgIpc) is 2.95. The highest BCUT2D eigenvalue weighted by molar-refractivity contribution is 6.08. The van der Waals surface area contributed by atoms with Crippen LogP contribution in [-0.2, 0) is 6.42 Å². The third kappa shape index (κ3) is 3.04. The fraction of sp³-hybridized carbons (Fsp3) is 0.300. The number of nitrogens with one attached hydrogen (secondary N) is 1. The summed E-state index contributed by atoms with van der Waals surface area (Å²) in [6.07, 6.45) is 1.77.